The molecule has 2 rings (SSSR count). The molecule has 1 amide bonds. The van der Waals surface area contributed by atoms with Crippen LogP contribution in [0, 0.1) is 0 Å². The number of benzene rings is 1. The number of aromatic hydroxyl groups is 1. The summed E-state index contributed by atoms with van der Waals surface area (Å²) in [5.41, 5.74) is 1.89. The van der Waals surface area contributed by atoms with E-state index in [9.17, 15) is 18.3 Å². The Morgan fingerprint density at radius 1 is 1.42 bits per heavy atom. The zero-order valence-electron chi connectivity index (χ0n) is 9.55. The fourth-order valence-corrected chi connectivity index (χ4v) is 3.32. The molecule has 0 aliphatic carbocycles. The topological polar surface area (TPSA) is 87.6 Å². The van der Waals surface area contributed by atoms with Crippen molar-refractivity contribution in [2.24, 2.45) is 0 Å². The van der Waals surface area contributed by atoms with Crippen molar-refractivity contribution in [1.29, 1.82) is 0 Å². The molecule has 0 unspecified atom stereocenters. The predicted octanol–water partition coefficient (Wildman–Crippen LogP) is 1.25. The molecule has 1 aromatic heterocycles. The third-order valence-electron chi connectivity index (χ3n) is 2.24. The van der Waals surface area contributed by atoms with Crippen LogP contribution in [0.2, 0.25) is 0 Å². The monoisotopic (exact) mass is 297 g/mol. The molecule has 1 heterocycles. The normalized spacial score (nSPS) is 11.2. The molecule has 0 fully saturated rings. The summed E-state index contributed by atoms with van der Waals surface area (Å²) in [6.07, 6.45) is 1.36. The Morgan fingerprint density at radius 3 is 2.79 bits per heavy atom. The maximum atomic E-state index is 12.1. The molecule has 1 aromatic carbocycles. The van der Waals surface area contributed by atoms with Gasteiger partial charge in [-0.05, 0) is 12.1 Å². The van der Waals surface area contributed by atoms with E-state index < -0.39 is 15.8 Å². The van der Waals surface area contributed by atoms with Gasteiger partial charge in [0.1, 0.15) is 11.5 Å². The van der Waals surface area contributed by atoms with E-state index in [1.54, 1.807) is 5.38 Å². The SMILES string of the molecule is O=[C]N(c1cccc(O)c1)S(=O)(=O)Cc1cscn1. The van der Waals surface area contributed by atoms with Gasteiger partial charge >= 0.3 is 6.41 Å². The molecule has 8 heteroatoms. The summed E-state index contributed by atoms with van der Waals surface area (Å²) in [5, 5.41) is 10.9. The molecule has 6 nitrogen and oxygen atoms in total. The minimum Gasteiger partial charge on any atom is -0.508 e. The van der Waals surface area contributed by atoms with Crippen LogP contribution in [0.25, 0.3) is 0 Å². The van der Waals surface area contributed by atoms with E-state index in [-0.39, 0.29) is 11.4 Å². The highest BCUT2D eigenvalue weighted by Gasteiger charge is 2.24. The summed E-state index contributed by atoms with van der Waals surface area (Å²) in [7, 11) is -3.92. The van der Waals surface area contributed by atoms with Gasteiger partial charge in [0.15, 0.2) is 0 Å². The van der Waals surface area contributed by atoms with Crippen molar-refractivity contribution in [1.82, 2.24) is 4.98 Å². The molecular weight excluding hydrogens is 288 g/mol. The van der Waals surface area contributed by atoms with E-state index in [1.165, 1.54) is 47.5 Å². The molecule has 0 saturated heterocycles. The van der Waals surface area contributed by atoms with Crippen molar-refractivity contribution in [3.63, 3.8) is 0 Å². The van der Waals surface area contributed by atoms with E-state index in [4.69, 9.17) is 0 Å². The number of hydrogen-bond acceptors (Lipinski definition) is 6. The highest BCUT2D eigenvalue weighted by molar-refractivity contribution is 7.92. The molecule has 0 aliphatic heterocycles. The lowest BCUT2D eigenvalue weighted by atomic mass is 10.3. The number of phenols is 1. The second-order valence-electron chi connectivity index (χ2n) is 3.61. The molecular formula is C11H9N2O4S2. The number of aromatic nitrogens is 1. The van der Waals surface area contributed by atoms with Crippen LogP contribution in [0.1, 0.15) is 5.69 Å². The van der Waals surface area contributed by atoms with Crippen molar-refractivity contribution >= 4 is 33.5 Å². The van der Waals surface area contributed by atoms with Crippen molar-refractivity contribution in [3.8, 4) is 5.75 Å². The largest absolute Gasteiger partial charge is 0.508 e. The van der Waals surface area contributed by atoms with Crippen LogP contribution in [0.15, 0.2) is 35.2 Å². The summed E-state index contributed by atoms with van der Waals surface area (Å²) in [6, 6.07) is 5.37. The number of anilines is 1. The zero-order valence-corrected chi connectivity index (χ0v) is 11.2. The lowest BCUT2D eigenvalue weighted by Gasteiger charge is -2.16. The highest BCUT2D eigenvalue weighted by Crippen LogP contribution is 2.23. The summed E-state index contributed by atoms with van der Waals surface area (Å²) in [4.78, 5) is 14.8. The van der Waals surface area contributed by atoms with Gasteiger partial charge in [0.25, 0.3) is 0 Å². The molecule has 99 valence electrons. The van der Waals surface area contributed by atoms with Crippen molar-refractivity contribution in [2.75, 3.05) is 4.31 Å². The number of thiazole rings is 1. The molecule has 0 aliphatic rings. The average Bonchev–Trinajstić information content (AvgIpc) is 2.81. The van der Waals surface area contributed by atoms with Gasteiger partial charge in [0, 0.05) is 11.4 Å². The lowest BCUT2D eigenvalue weighted by molar-refractivity contribution is 0.475. The number of sulfonamides is 1. The first kappa shape index (κ1) is 13.5. The number of rotatable bonds is 5. The van der Waals surface area contributed by atoms with Crippen molar-refractivity contribution in [3.05, 3.63) is 40.8 Å². The Balaban J connectivity index is 2.33. The number of amides is 1. The molecule has 0 bridgehead atoms. The van der Waals surface area contributed by atoms with E-state index in [0.29, 0.717) is 10.00 Å². The predicted molar refractivity (Wildman–Crippen MR) is 71.0 cm³/mol. The van der Waals surface area contributed by atoms with Gasteiger partial charge in [-0.3, -0.25) is 4.79 Å². The second kappa shape index (κ2) is 5.37. The summed E-state index contributed by atoms with van der Waals surface area (Å²) >= 11 is 1.27. The highest BCUT2D eigenvalue weighted by atomic mass is 32.2. The van der Waals surface area contributed by atoms with Gasteiger partial charge < -0.3 is 5.11 Å². The molecule has 0 spiro atoms. The Kier molecular flexibility index (Phi) is 3.82. The number of phenolic OH excluding ortho intramolecular Hbond substituents is 1. The van der Waals surface area contributed by atoms with Crippen LogP contribution in [-0.4, -0.2) is 24.9 Å². The molecule has 19 heavy (non-hydrogen) atoms. The van der Waals surface area contributed by atoms with Gasteiger partial charge in [-0.25, -0.2) is 13.4 Å². The van der Waals surface area contributed by atoms with Gasteiger partial charge in [0.2, 0.25) is 10.0 Å². The first-order valence-corrected chi connectivity index (χ1v) is 7.65. The van der Waals surface area contributed by atoms with E-state index in [0.717, 1.165) is 0 Å². The summed E-state index contributed by atoms with van der Waals surface area (Å²) < 4.78 is 24.6. The van der Waals surface area contributed by atoms with E-state index >= 15 is 0 Å². The minimum absolute atomic E-state index is 0.0326. The van der Waals surface area contributed by atoms with Gasteiger partial charge in [-0.1, -0.05) is 6.07 Å². The van der Waals surface area contributed by atoms with Crippen LogP contribution in [0.3, 0.4) is 0 Å². The molecule has 2 aromatic rings. The Morgan fingerprint density at radius 2 is 2.21 bits per heavy atom. The smallest absolute Gasteiger partial charge is 0.331 e. The first-order chi connectivity index (χ1) is 9.03. The summed E-state index contributed by atoms with van der Waals surface area (Å²) in [6.45, 7) is 0. The van der Waals surface area contributed by atoms with Crippen LogP contribution in [-0.2, 0) is 20.6 Å². The Labute approximate surface area is 114 Å². The fourth-order valence-electron chi connectivity index (χ4n) is 1.45. The Bertz CT molecular complexity index is 668. The average molecular weight is 297 g/mol. The Hall–Kier alpha value is -1.93. The van der Waals surface area contributed by atoms with Crippen LogP contribution in [0.5, 0.6) is 5.75 Å². The van der Waals surface area contributed by atoms with Gasteiger partial charge in [0.05, 0.1) is 16.9 Å². The van der Waals surface area contributed by atoms with Crippen molar-refractivity contribution < 1.29 is 18.3 Å². The standard InChI is InChI=1S/C11H9N2O4S2/c14-8-13(10-2-1-3-11(15)4-10)19(16,17)6-9-5-18-7-12-9/h1-5,7,15H,6H2. The molecule has 0 atom stereocenters. The number of nitrogens with zero attached hydrogens (tertiary/aromatic N) is 2. The van der Waals surface area contributed by atoms with Gasteiger partial charge in [-0.2, -0.15) is 4.31 Å². The zero-order chi connectivity index (χ0) is 13.9. The maximum Gasteiger partial charge on any atom is 0.331 e. The first-order valence-electron chi connectivity index (χ1n) is 5.10. The maximum absolute atomic E-state index is 12.1. The van der Waals surface area contributed by atoms with E-state index in [2.05, 4.69) is 4.98 Å². The quantitative estimate of drug-likeness (QED) is 0.839. The van der Waals surface area contributed by atoms with Crippen molar-refractivity contribution in [2.45, 2.75) is 5.75 Å². The lowest BCUT2D eigenvalue weighted by Crippen LogP contribution is -2.30. The number of carbonyl (C=O) groups excluding carboxylic acids is 1. The second-order valence-corrected chi connectivity index (χ2v) is 6.15. The minimum atomic E-state index is -3.92. The molecule has 0 saturated carbocycles. The van der Waals surface area contributed by atoms with Gasteiger partial charge in [-0.15, -0.1) is 11.3 Å². The fraction of sp³-hybridized carbons (Fsp3) is 0.0909. The third kappa shape index (κ3) is 3.09. The molecule has 1 N–H and O–H groups in total. The van der Waals surface area contributed by atoms with Crippen LogP contribution in [0.4, 0.5) is 5.69 Å². The van der Waals surface area contributed by atoms with E-state index in [1.807, 2.05) is 0 Å². The third-order valence-corrected chi connectivity index (χ3v) is 4.38. The number of hydrogen-bond donors (Lipinski definition) is 1. The summed E-state index contributed by atoms with van der Waals surface area (Å²) in [5.74, 6) is -0.539. The van der Waals surface area contributed by atoms with Crippen LogP contribution < -0.4 is 4.31 Å². The van der Waals surface area contributed by atoms with Crippen LogP contribution >= 0.6 is 11.3 Å². The molecule has 1 radical (unpaired) electrons.